The summed E-state index contributed by atoms with van der Waals surface area (Å²) in [5.74, 6) is -2.87. The minimum atomic E-state index is -4.07. The van der Waals surface area contributed by atoms with Crippen LogP contribution in [0.1, 0.15) is 22.3 Å². The van der Waals surface area contributed by atoms with Crippen LogP contribution in [-0.2, 0) is 33.1 Å². The van der Waals surface area contributed by atoms with Crippen LogP contribution >= 0.6 is 0 Å². The number of nitrogens with zero attached hydrogens (tertiary/aromatic N) is 2. The van der Waals surface area contributed by atoms with E-state index in [0.717, 1.165) is 0 Å². The molecule has 0 bridgehead atoms. The topological polar surface area (TPSA) is 178 Å². The normalized spacial score (nSPS) is 13.9. The minimum absolute atomic E-state index is 0.0328. The molecule has 1 aliphatic rings. The van der Waals surface area contributed by atoms with Crippen molar-refractivity contribution < 1.29 is 45.8 Å². The predicted molar refractivity (Wildman–Crippen MR) is 84.0 cm³/mol. The highest BCUT2D eigenvalue weighted by Gasteiger charge is 2.36. The highest BCUT2D eigenvalue weighted by Crippen LogP contribution is 2.46. The van der Waals surface area contributed by atoms with E-state index < -0.39 is 43.8 Å². The second-order valence-electron chi connectivity index (χ2n) is 5.71. The van der Waals surface area contributed by atoms with E-state index in [1.807, 2.05) is 0 Å². The van der Waals surface area contributed by atoms with E-state index >= 15 is 0 Å². The van der Waals surface area contributed by atoms with Crippen LogP contribution in [0.15, 0.2) is 0 Å². The monoisotopic (exact) mass is 410 g/mol. The number of fused-ring (bicyclic) bond motifs is 2. The summed E-state index contributed by atoms with van der Waals surface area (Å²) in [6, 6.07) is 0. The maximum absolute atomic E-state index is 11.2. The molecule has 0 amide bonds. The van der Waals surface area contributed by atoms with Crippen molar-refractivity contribution in [3.63, 3.8) is 0 Å². The van der Waals surface area contributed by atoms with Crippen LogP contribution in [0.4, 0.5) is 0 Å². The maximum Gasteiger partial charge on any atom is 0.324 e. The summed E-state index contributed by atoms with van der Waals surface area (Å²) in [4.78, 5) is 0. The van der Waals surface area contributed by atoms with Gasteiger partial charge in [0.2, 0.25) is 23.5 Å². The van der Waals surface area contributed by atoms with Gasteiger partial charge in [0, 0.05) is 35.1 Å². The Morgan fingerprint density at radius 1 is 0.654 bits per heavy atom. The fraction of sp³-hybridized carbons (Fsp3) is 0.333. The van der Waals surface area contributed by atoms with Crippen molar-refractivity contribution in [2.24, 2.45) is 0 Å². The lowest BCUT2D eigenvalue weighted by atomic mass is 9.90. The number of aromatic nitrogens is 2. The van der Waals surface area contributed by atoms with Crippen molar-refractivity contribution >= 4 is 20.2 Å². The molecule has 0 saturated carbocycles. The van der Waals surface area contributed by atoms with Crippen LogP contribution in [0.3, 0.4) is 0 Å². The van der Waals surface area contributed by atoms with Gasteiger partial charge >= 0.3 is 20.2 Å². The molecule has 0 unspecified atom stereocenters. The van der Waals surface area contributed by atoms with Crippen molar-refractivity contribution in [1.82, 2.24) is 9.46 Å². The van der Waals surface area contributed by atoms with Gasteiger partial charge in [0.25, 0.3) is 0 Å². The highest BCUT2D eigenvalue weighted by molar-refractivity contribution is 7.86. The van der Waals surface area contributed by atoms with Crippen LogP contribution < -0.4 is 8.57 Å². The Morgan fingerprint density at radius 3 is 1.08 bits per heavy atom. The molecular weight excluding hydrogens is 396 g/mol. The Labute approximate surface area is 147 Å². The second kappa shape index (κ2) is 5.38. The molecule has 0 radical (unpaired) electrons. The van der Waals surface area contributed by atoms with E-state index in [0.29, 0.717) is 22.0 Å². The van der Waals surface area contributed by atoms with Crippen LogP contribution in [0.5, 0.6) is 23.5 Å². The van der Waals surface area contributed by atoms with Gasteiger partial charge in [0.15, 0.2) is 0 Å². The van der Waals surface area contributed by atoms with E-state index in [9.17, 15) is 37.3 Å². The lowest BCUT2D eigenvalue weighted by Crippen LogP contribution is -2.18. The predicted octanol–water partition coefficient (Wildman–Crippen LogP) is -1.62. The zero-order valence-corrected chi connectivity index (χ0v) is 15.0. The molecule has 0 spiro atoms. The quantitative estimate of drug-likeness (QED) is 0.391. The Bertz CT molecular complexity index is 983. The van der Waals surface area contributed by atoms with Crippen LogP contribution in [-0.4, -0.2) is 59.2 Å². The summed E-state index contributed by atoms with van der Waals surface area (Å²) < 4.78 is 54.6. The summed E-state index contributed by atoms with van der Waals surface area (Å²) in [7, 11) is -8.13. The third-order valence-electron chi connectivity index (χ3n) is 3.70. The Hall–Kier alpha value is -2.74. The molecule has 2 aromatic rings. The summed E-state index contributed by atoms with van der Waals surface area (Å²) in [6.07, 6.45) is 0.902. The second-order valence-corrected chi connectivity index (χ2v) is 8.82. The molecule has 12 nitrogen and oxygen atoms in total. The van der Waals surface area contributed by atoms with Crippen LogP contribution in [0, 0.1) is 0 Å². The van der Waals surface area contributed by atoms with Gasteiger partial charge in [0.05, 0.1) is 12.5 Å². The van der Waals surface area contributed by atoms with E-state index in [4.69, 9.17) is 0 Å². The minimum Gasteiger partial charge on any atom is -0.492 e. The third kappa shape index (κ3) is 2.86. The molecule has 4 N–H and O–H groups in total. The molecule has 2 aromatic heterocycles. The highest BCUT2D eigenvalue weighted by atomic mass is 32.2. The molecule has 0 saturated heterocycles. The first-order valence-corrected chi connectivity index (χ1v) is 10.5. The SMILES string of the molecule is CS(=O)(=O)On1c(O)c2c(c1O)Cc1c(c(O)n(OS(C)(=O)=O)c1O)C2. The van der Waals surface area contributed by atoms with E-state index in [2.05, 4.69) is 8.57 Å². The molecule has 144 valence electrons. The van der Waals surface area contributed by atoms with Gasteiger partial charge in [-0.2, -0.15) is 16.8 Å². The lowest BCUT2D eigenvalue weighted by molar-refractivity contribution is 0.201. The van der Waals surface area contributed by atoms with Gasteiger partial charge in [-0.1, -0.05) is 9.46 Å². The molecule has 0 aliphatic heterocycles. The maximum atomic E-state index is 11.2. The fourth-order valence-corrected chi connectivity index (χ4v) is 3.56. The Kier molecular flexibility index (Phi) is 3.74. The average molecular weight is 410 g/mol. The molecule has 3 rings (SSSR count). The first kappa shape index (κ1) is 18.1. The van der Waals surface area contributed by atoms with Gasteiger partial charge in [0.1, 0.15) is 0 Å². The van der Waals surface area contributed by atoms with Crippen molar-refractivity contribution in [2.75, 3.05) is 12.5 Å². The molecule has 26 heavy (non-hydrogen) atoms. The van der Waals surface area contributed by atoms with Crippen molar-refractivity contribution in [3.8, 4) is 23.5 Å². The number of hydrogen-bond acceptors (Lipinski definition) is 10. The molecule has 1 aliphatic carbocycles. The Balaban J connectivity index is 2.11. The standard InChI is InChI=1S/C12H14N2O10S2/c1-25(19,20)23-13-9(15)5-3-7-8(4-6(5)10(13)16)12(18)14(11(7)17)24-26(2,21)22/h15-18H,3-4H2,1-2H3. The first-order chi connectivity index (χ1) is 11.8. The summed E-state index contributed by atoms with van der Waals surface area (Å²) >= 11 is 0. The average Bonchev–Trinajstić information content (AvgIpc) is 2.85. The van der Waals surface area contributed by atoms with Gasteiger partial charge in [-0.05, 0) is 0 Å². The molecule has 14 heteroatoms. The summed E-state index contributed by atoms with van der Waals surface area (Å²) in [5, 5.41) is 40.5. The molecule has 0 aromatic carbocycles. The first-order valence-electron chi connectivity index (χ1n) is 6.88. The smallest absolute Gasteiger partial charge is 0.324 e. The zero-order chi connectivity index (χ0) is 19.6. The van der Waals surface area contributed by atoms with Crippen molar-refractivity contribution in [3.05, 3.63) is 22.3 Å². The van der Waals surface area contributed by atoms with Gasteiger partial charge in [-0.15, -0.1) is 0 Å². The summed E-state index contributed by atoms with van der Waals surface area (Å²) in [6.45, 7) is 0. The van der Waals surface area contributed by atoms with Crippen molar-refractivity contribution in [2.45, 2.75) is 12.8 Å². The third-order valence-corrected chi connectivity index (χ3v) is 4.54. The van der Waals surface area contributed by atoms with E-state index in [1.54, 1.807) is 0 Å². The van der Waals surface area contributed by atoms with Gasteiger partial charge < -0.3 is 20.4 Å². The summed E-state index contributed by atoms with van der Waals surface area (Å²) in [5.41, 5.74) is 0.131. The molecule has 0 fully saturated rings. The van der Waals surface area contributed by atoms with Crippen LogP contribution in [0.2, 0.25) is 0 Å². The lowest BCUT2D eigenvalue weighted by Gasteiger charge is -2.11. The number of aromatic hydroxyl groups is 4. The Morgan fingerprint density at radius 2 is 0.885 bits per heavy atom. The zero-order valence-electron chi connectivity index (χ0n) is 13.4. The molecule has 0 atom stereocenters. The van der Waals surface area contributed by atoms with E-state index in [-0.39, 0.29) is 35.1 Å². The van der Waals surface area contributed by atoms with Crippen molar-refractivity contribution in [1.29, 1.82) is 0 Å². The number of rotatable bonds is 4. The van der Waals surface area contributed by atoms with E-state index in [1.165, 1.54) is 0 Å². The molecular formula is C12H14N2O10S2. The largest absolute Gasteiger partial charge is 0.492 e. The fourth-order valence-electron chi connectivity index (χ4n) is 2.74. The molecule has 2 heterocycles. The van der Waals surface area contributed by atoms with Gasteiger partial charge in [-0.25, -0.2) is 0 Å². The van der Waals surface area contributed by atoms with Gasteiger partial charge in [-0.3, -0.25) is 8.57 Å². The van der Waals surface area contributed by atoms with Crippen LogP contribution in [0.25, 0.3) is 0 Å². The number of hydrogen-bond donors (Lipinski definition) is 4.